The second-order valence-corrected chi connectivity index (χ2v) is 4.13. The molecule has 0 aromatic heterocycles. The van der Waals surface area contributed by atoms with Crippen LogP contribution in [0.3, 0.4) is 0 Å². The molecule has 18 heavy (non-hydrogen) atoms. The highest BCUT2D eigenvalue weighted by atomic mass is 19.1. The lowest BCUT2D eigenvalue weighted by molar-refractivity contribution is -0.143. The molecule has 0 unspecified atom stereocenters. The second-order valence-electron chi connectivity index (χ2n) is 4.13. The molecule has 4 nitrogen and oxygen atoms in total. The molecule has 2 rings (SSSR count). The molecule has 0 aliphatic carbocycles. The van der Waals surface area contributed by atoms with Crippen LogP contribution >= 0.6 is 0 Å². The van der Waals surface area contributed by atoms with E-state index in [1.165, 1.54) is 12.1 Å². The minimum atomic E-state index is -0.342. The van der Waals surface area contributed by atoms with Gasteiger partial charge in [0.2, 0.25) is 0 Å². The molecule has 0 atom stereocenters. The van der Waals surface area contributed by atoms with Crippen LogP contribution < -0.4 is 0 Å². The summed E-state index contributed by atoms with van der Waals surface area (Å²) in [6, 6.07) is 4.44. The van der Waals surface area contributed by atoms with E-state index in [1.807, 2.05) is 0 Å². The Morgan fingerprint density at radius 3 is 3.06 bits per heavy atom. The Kier molecular flexibility index (Phi) is 3.60. The number of nitrogens with zero attached hydrogens (tertiary/aromatic N) is 1. The highest BCUT2D eigenvalue weighted by Crippen LogP contribution is 2.23. The summed E-state index contributed by atoms with van der Waals surface area (Å²) in [6.45, 7) is 3.10. The maximum Gasteiger partial charge on any atom is 0.307 e. The Hall–Kier alpha value is -1.91. The molecule has 1 aliphatic heterocycles. The van der Waals surface area contributed by atoms with Gasteiger partial charge >= 0.3 is 5.97 Å². The van der Waals surface area contributed by atoms with Gasteiger partial charge in [-0.1, -0.05) is 6.07 Å². The SMILES string of the molecule is CCOC(=O)CCN1Cc2ccc(F)cc2C1=N. The van der Waals surface area contributed by atoms with Crippen molar-refractivity contribution in [3.05, 3.63) is 35.1 Å². The van der Waals surface area contributed by atoms with Gasteiger partial charge in [0.05, 0.1) is 13.0 Å². The van der Waals surface area contributed by atoms with Gasteiger partial charge in [0.25, 0.3) is 0 Å². The Morgan fingerprint density at radius 1 is 1.56 bits per heavy atom. The first kappa shape index (κ1) is 12.5. The van der Waals surface area contributed by atoms with Crippen molar-refractivity contribution < 1.29 is 13.9 Å². The number of carbonyl (C=O) groups is 1. The van der Waals surface area contributed by atoms with Gasteiger partial charge in [-0.2, -0.15) is 0 Å². The number of hydrogen-bond acceptors (Lipinski definition) is 3. The third-order valence-corrected chi connectivity index (χ3v) is 2.90. The van der Waals surface area contributed by atoms with Crippen LogP contribution in [0.2, 0.25) is 0 Å². The van der Waals surface area contributed by atoms with Crippen LogP contribution in [0.15, 0.2) is 18.2 Å². The Labute approximate surface area is 105 Å². The van der Waals surface area contributed by atoms with Gasteiger partial charge in [0.15, 0.2) is 0 Å². The number of hydrogen-bond donors (Lipinski definition) is 1. The molecule has 0 saturated heterocycles. The van der Waals surface area contributed by atoms with Crippen LogP contribution in [0.5, 0.6) is 0 Å². The van der Waals surface area contributed by atoms with Crippen molar-refractivity contribution in [3.63, 3.8) is 0 Å². The monoisotopic (exact) mass is 250 g/mol. The number of fused-ring (bicyclic) bond motifs is 1. The maximum atomic E-state index is 13.1. The van der Waals surface area contributed by atoms with Crippen LogP contribution in [0.25, 0.3) is 0 Å². The predicted molar refractivity (Wildman–Crippen MR) is 64.9 cm³/mol. The van der Waals surface area contributed by atoms with Gasteiger partial charge in [0, 0.05) is 18.7 Å². The average molecular weight is 250 g/mol. The number of rotatable bonds is 4. The minimum Gasteiger partial charge on any atom is -0.466 e. The normalized spacial score (nSPS) is 13.7. The van der Waals surface area contributed by atoms with E-state index in [0.717, 1.165) is 5.56 Å². The average Bonchev–Trinajstić information content (AvgIpc) is 2.64. The summed E-state index contributed by atoms with van der Waals surface area (Å²) in [4.78, 5) is 13.0. The molecule has 1 aliphatic rings. The number of nitrogens with one attached hydrogen (secondary N) is 1. The van der Waals surface area contributed by atoms with Crippen LogP contribution in [-0.4, -0.2) is 29.9 Å². The van der Waals surface area contributed by atoms with E-state index in [9.17, 15) is 9.18 Å². The summed E-state index contributed by atoms with van der Waals surface area (Å²) >= 11 is 0. The summed E-state index contributed by atoms with van der Waals surface area (Å²) in [6.07, 6.45) is 0.243. The Bertz CT molecular complexity index is 488. The number of halogens is 1. The fourth-order valence-corrected chi connectivity index (χ4v) is 2.01. The van der Waals surface area contributed by atoms with Crippen LogP contribution in [0, 0.1) is 11.2 Å². The lowest BCUT2D eigenvalue weighted by atomic mass is 10.1. The first-order valence-corrected chi connectivity index (χ1v) is 5.89. The molecule has 1 N–H and O–H groups in total. The zero-order valence-corrected chi connectivity index (χ0v) is 10.2. The van der Waals surface area contributed by atoms with Crippen molar-refractivity contribution in [2.24, 2.45) is 0 Å². The van der Waals surface area contributed by atoms with Gasteiger partial charge in [-0.25, -0.2) is 4.39 Å². The van der Waals surface area contributed by atoms with Crippen molar-refractivity contribution >= 4 is 11.8 Å². The molecular formula is C13H15FN2O2. The van der Waals surface area contributed by atoms with Gasteiger partial charge in [0.1, 0.15) is 11.7 Å². The molecule has 96 valence electrons. The fraction of sp³-hybridized carbons (Fsp3) is 0.385. The van der Waals surface area contributed by atoms with E-state index in [0.29, 0.717) is 25.3 Å². The molecule has 1 aromatic rings. The molecule has 0 fully saturated rings. The first-order chi connectivity index (χ1) is 8.61. The van der Waals surface area contributed by atoms with Crippen LogP contribution in [0.4, 0.5) is 4.39 Å². The molecule has 1 aromatic carbocycles. The number of esters is 1. The van der Waals surface area contributed by atoms with Gasteiger partial charge in [-0.3, -0.25) is 10.2 Å². The lowest BCUT2D eigenvalue weighted by Gasteiger charge is -2.16. The highest BCUT2D eigenvalue weighted by molar-refractivity contribution is 6.00. The lowest BCUT2D eigenvalue weighted by Crippen LogP contribution is -2.27. The zero-order valence-electron chi connectivity index (χ0n) is 10.2. The minimum absolute atomic E-state index is 0.243. The van der Waals surface area contributed by atoms with E-state index in [-0.39, 0.29) is 24.0 Å². The maximum absolute atomic E-state index is 13.1. The predicted octanol–water partition coefficient (Wildman–Crippen LogP) is 1.92. The fourth-order valence-electron chi connectivity index (χ4n) is 2.01. The summed E-state index contributed by atoms with van der Waals surface area (Å²) in [7, 11) is 0. The van der Waals surface area contributed by atoms with Crippen LogP contribution in [0.1, 0.15) is 24.5 Å². The third-order valence-electron chi connectivity index (χ3n) is 2.90. The molecule has 0 saturated carbocycles. The molecule has 0 bridgehead atoms. The number of benzene rings is 1. The largest absolute Gasteiger partial charge is 0.466 e. The highest BCUT2D eigenvalue weighted by Gasteiger charge is 2.24. The smallest absolute Gasteiger partial charge is 0.307 e. The van der Waals surface area contributed by atoms with Crippen molar-refractivity contribution in [2.45, 2.75) is 19.9 Å². The van der Waals surface area contributed by atoms with Gasteiger partial charge in [-0.05, 0) is 24.6 Å². The zero-order chi connectivity index (χ0) is 13.1. The van der Waals surface area contributed by atoms with Gasteiger partial charge in [-0.15, -0.1) is 0 Å². The number of amidine groups is 1. The van der Waals surface area contributed by atoms with Crippen molar-refractivity contribution in [1.29, 1.82) is 5.41 Å². The van der Waals surface area contributed by atoms with E-state index in [4.69, 9.17) is 10.1 Å². The molecule has 0 radical (unpaired) electrons. The van der Waals surface area contributed by atoms with E-state index < -0.39 is 0 Å². The molecule has 0 spiro atoms. The summed E-state index contributed by atoms with van der Waals surface area (Å²) < 4.78 is 17.9. The van der Waals surface area contributed by atoms with Crippen LogP contribution in [-0.2, 0) is 16.1 Å². The van der Waals surface area contributed by atoms with E-state index in [2.05, 4.69) is 0 Å². The second kappa shape index (κ2) is 5.16. The number of carbonyl (C=O) groups excluding carboxylic acids is 1. The molecule has 5 heteroatoms. The van der Waals surface area contributed by atoms with E-state index in [1.54, 1.807) is 17.9 Å². The summed E-state index contributed by atoms with van der Waals surface area (Å²) in [5.41, 5.74) is 1.53. The molecular weight excluding hydrogens is 235 g/mol. The summed E-state index contributed by atoms with van der Waals surface area (Å²) in [5.74, 6) is -0.341. The number of ether oxygens (including phenoxy) is 1. The standard InChI is InChI=1S/C13H15FN2O2/c1-2-18-12(17)5-6-16-8-9-3-4-10(14)7-11(9)13(16)15/h3-4,7,15H,2,5-6,8H2,1H3. The summed E-state index contributed by atoms with van der Waals surface area (Å²) in [5, 5.41) is 7.94. The van der Waals surface area contributed by atoms with E-state index >= 15 is 0 Å². The molecule has 1 heterocycles. The van der Waals surface area contributed by atoms with Crippen molar-refractivity contribution in [1.82, 2.24) is 4.90 Å². The Balaban J connectivity index is 1.99. The molecule has 0 amide bonds. The first-order valence-electron chi connectivity index (χ1n) is 5.89. The van der Waals surface area contributed by atoms with Gasteiger partial charge < -0.3 is 9.64 Å². The van der Waals surface area contributed by atoms with Crippen molar-refractivity contribution in [3.8, 4) is 0 Å². The third kappa shape index (κ3) is 2.50. The quantitative estimate of drug-likeness (QED) is 0.831. The topological polar surface area (TPSA) is 53.4 Å². The van der Waals surface area contributed by atoms with Crippen molar-refractivity contribution in [2.75, 3.05) is 13.2 Å². The Morgan fingerprint density at radius 2 is 2.33 bits per heavy atom.